The van der Waals surface area contributed by atoms with Crippen LogP contribution in [0.25, 0.3) is 0 Å². The Morgan fingerprint density at radius 1 is 1.42 bits per heavy atom. The van der Waals surface area contributed by atoms with Gasteiger partial charge in [-0.05, 0) is 37.5 Å². The maximum Gasteiger partial charge on any atom is 0.341 e. The Morgan fingerprint density at radius 3 is 2.74 bits per heavy atom. The molecule has 0 atom stereocenters. The van der Waals surface area contributed by atoms with Crippen molar-refractivity contribution in [3.8, 4) is 5.75 Å². The summed E-state index contributed by atoms with van der Waals surface area (Å²) in [5.74, 6) is -0.691. The van der Waals surface area contributed by atoms with Crippen LogP contribution in [0.2, 0.25) is 0 Å². The van der Waals surface area contributed by atoms with E-state index < -0.39 is 12.6 Å². The van der Waals surface area contributed by atoms with E-state index in [4.69, 9.17) is 9.84 Å². The van der Waals surface area contributed by atoms with Crippen molar-refractivity contribution in [2.75, 3.05) is 13.7 Å². The second-order valence-corrected chi connectivity index (χ2v) is 4.71. The van der Waals surface area contributed by atoms with E-state index in [0.29, 0.717) is 17.4 Å². The van der Waals surface area contributed by atoms with Crippen LogP contribution in [0.3, 0.4) is 0 Å². The summed E-state index contributed by atoms with van der Waals surface area (Å²) in [5, 5.41) is 8.55. The molecule has 0 spiro atoms. The summed E-state index contributed by atoms with van der Waals surface area (Å²) < 4.78 is 5.07. The minimum absolute atomic E-state index is 0.0505. The number of carboxylic acid groups (broad SMARTS) is 1. The summed E-state index contributed by atoms with van der Waals surface area (Å²) in [4.78, 5) is 24.4. The third-order valence-corrected chi connectivity index (χ3v) is 3.39. The summed E-state index contributed by atoms with van der Waals surface area (Å²) in [6, 6.07) is 6.96. The number of hydrogen-bond acceptors (Lipinski definition) is 3. The molecule has 2 rings (SSSR count). The van der Waals surface area contributed by atoms with Gasteiger partial charge in [-0.25, -0.2) is 4.79 Å². The molecule has 0 bridgehead atoms. The van der Waals surface area contributed by atoms with Crippen LogP contribution < -0.4 is 4.74 Å². The Hall–Kier alpha value is -2.04. The van der Waals surface area contributed by atoms with Gasteiger partial charge < -0.3 is 14.7 Å². The molecule has 19 heavy (non-hydrogen) atoms. The second-order valence-electron chi connectivity index (χ2n) is 4.71. The van der Waals surface area contributed by atoms with Crippen LogP contribution in [0, 0.1) is 0 Å². The van der Waals surface area contributed by atoms with Crippen LogP contribution in [0.5, 0.6) is 5.75 Å². The molecule has 1 aromatic carbocycles. The minimum Gasteiger partial charge on any atom is -0.482 e. The van der Waals surface area contributed by atoms with Crippen molar-refractivity contribution in [2.45, 2.75) is 25.3 Å². The number of carboxylic acids is 1. The molecule has 1 aromatic rings. The number of benzene rings is 1. The van der Waals surface area contributed by atoms with Crippen molar-refractivity contribution in [3.05, 3.63) is 29.8 Å². The van der Waals surface area contributed by atoms with Crippen LogP contribution in [-0.4, -0.2) is 41.6 Å². The van der Waals surface area contributed by atoms with Gasteiger partial charge in [-0.1, -0.05) is 6.07 Å². The van der Waals surface area contributed by atoms with Crippen LogP contribution in [0.1, 0.15) is 29.6 Å². The lowest BCUT2D eigenvalue weighted by molar-refractivity contribution is -0.139. The summed E-state index contributed by atoms with van der Waals surface area (Å²) in [6.07, 6.45) is 3.28. The Labute approximate surface area is 111 Å². The van der Waals surface area contributed by atoms with E-state index in [1.807, 2.05) is 0 Å². The average molecular weight is 263 g/mol. The largest absolute Gasteiger partial charge is 0.482 e. The van der Waals surface area contributed by atoms with E-state index in [2.05, 4.69) is 0 Å². The first-order valence-electron chi connectivity index (χ1n) is 6.30. The van der Waals surface area contributed by atoms with E-state index in [-0.39, 0.29) is 5.91 Å². The van der Waals surface area contributed by atoms with Gasteiger partial charge in [0.05, 0.1) is 0 Å². The highest BCUT2D eigenvalue weighted by Gasteiger charge is 2.26. The van der Waals surface area contributed by atoms with E-state index in [1.54, 1.807) is 36.2 Å². The van der Waals surface area contributed by atoms with Gasteiger partial charge in [0.2, 0.25) is 0 Å². The molecule has 0 aromatic heterocycles. The third-order valence-electron chi connectivity index (χ3n) is 3.39. The molecule has 0 radical (unpaired) electrons. The first-order chi connectivity index (χ1) is 9.08. The second kappa shape index (κ2) is 5.73. The molecular formula is C14H17NO4. The molecule has 0 heterocycles. The van der Waals surface area contributed by atoms with Crippen molar-refractivity contribution in [1.82, 2.24) is 4.90 Å². The average Bonchev–Trinajstić information content (AvgIpc) is 2.33. The SMILES string of the molecule is CN(C(=O)c1cccc(OCC(=O)O)c1)C1CCC1. The fourth-order valence-electron chi connectivity index (χ4n) is 2.01. The lowest BCUT2D eigenvalue weighted by atomic mass is 9.91. The number of rotatable bonds is 5. The maximum absolute atomic E-state index is 12.2. The Morgan fingerprint density at radius 2 is 2.16 bits per heavy atom. The standard InChI is InChI=1S/C14H17NO4/c1-15(11-5-3-6-11)14(18)10-4-2-7-12(8-10)19-9-13(16)17/h2,4,7-8,11H,3,5-6,9H2,1H3,(H,16,17). The fourth-order valence-corrected chi connectivity index (χ4v) is 2.01. The summed E-state index contributed by atoms with van der Waals surface area (Å²) in [6.45, 7) is -0.407. The number of carbonyl (C=O) groups is 2. The predicted molar refractivity (Wildman–Crippen MR) is 69.3 cm³/mol. The molecule has 1 fully saturated rings. The van der Waals surface area contributed by atoms with E-state index in [9.17, 15) is 9.59 Å². The molecule has 1 amide bonds. The lowest BCUT2D eigenvalue weighted by Crippen LogP contribution is -2.41. The van der Waals surface area contributed by atoms with Gasteiger partial charge in [-0.2, -0.15) is 0 Å². The lowest BCUT2D eigenvalue weighted by Gasteiger charge is -2.34. The third kappa shape index (κ3) is 3.24. The quantitative estimate of drug-likeness (QED) is 0.879. The molecule has 1 N–H and O–H groups in total. The van der Waals surface area contributed by atoms with Gasteiger partial charge >= 0.3 is 5.97 Å². The van der Waals surface area contributed by atoms with Crippen molar-refractivity contribution >= 4 is 11.9 Å². The monoisotopic (exact) mass is 263 g/mol. The van der Waals surface area contributed by atoms with Crippen LogP contribution >= 0.6 is 0 Å². The first kappa shape index (κ1) is 13.4. The minimum atomic E-state index is -1.04. The smallest absolute Gasteiger partial charge is 0.341 e. The zero-order valence-electron chi connectivity index (χ0n) is 10.8. The van der Waals surface area contributed by atoms with Gasteiger partial charge in [-0.3, -0.25) is 4.79 Å². The highest BCUT2D eigenvalue weighted by molar-refractivity contribution is 5.94. The maximum atomic E-state index is 12.2. The number of hydrogen-bond donors (Lipinski definition) is 1. The van der Waals surface area contributed by atoms with E-state index >= 15 is 0 Å². The molecule has 1 aliphatic carbocycles. The van der Waals surface area contributed by atoms with Crippen molar-refractivity contribution in [2.24, 2.45) is 0 Å². The molecule has 5 nitrogen and oxygen atoms in total. The number of nitrogens with zero attached hydrogens (tertiary/aromatic N) is 1. The highest BCUT2D eigenvalue weighted by atomic mass is 16.5. The fraction of sp³-hybridized carbons (Fsp3) is 0.429. The van der Waals surface area contributed by atoms with Gasteiger partial charge in [0.25, 0.3) is 5.91 Å². The normalized spacial score (nSPS) is 14.6. The summed E-state index contributed by atoms with van der Waals surface area (Å²) in [5.41, 5.74) is 0.525. The van der Waals surface area contributed by atoms with Crippen LogP contribution in [0.4, 0.5) is 0 Å². The van der Waals surface area contributed by atoms with Gasteiger partial charge in [-0.15, -0.1) is 0 Å². The molecule has 0 aliphatic heterocycles. The van der Waals surface area contributed by atoms with Crippen molar-refractivity contribution < 1.29 is 19.4 Å². The molecule has 1 aliphatic rings. The number of ether oxygens (including phenoxy) is 1. The Bertz CT molecular complexity index is 482. The van der Waals surface area contributed by atoms with Crippen LogP contribution in [0.15, 0.2) is 24.3 Å². The molecule has 0 unspecified atom stereocenters. The Kier molecular flexibility index (Phi) is 4.04. The molecule has 0 saturated heterocycles. The molecular weight excluding hydrogens is 246 g/mol. The molecule has 102 valence electrons. The molecule has 5 heteroatoms. The van der Waals surface area contributed by atoms with Crippen LogP contribution in [-0.2, 0) is 4.79 Å². The first-order valence-corrected chi connectivity index (χ1v) is 6.30. The zero-order valence-corrected chi connectivity index (χ0v) is 10.8. The van der Waals surface area contributed by atoms with Gasteiger partial charge in [0.1, 0.15) is 5.75 Å². The summed E-state index contributed by atoms with van der Waals surface area (Å²) in [7, 11) is 1.80. The van der Waals surface area contributed by atoms with Crippen molar-refractivity contribution in [1.29, 1.82) is 0 Å². The van der Waals surface area contributed by atoms with Crippen molar-refractivity contribution in [3.63, 3.8) is 0 Å². The van der Waals surface area contributed by atoms with Gasteiger partial charge in [0.15, 0.2) is 6.61 Å². The van der Waals surface area contributed by atoms with Gasteiger partial charge in [0, 0.05) is 18.7 Å². The Balaban J connectivity index is 2.04. The van der Waals surface area contributed by atoms with E-state index in [0.717, 1.165) is 12.8 Å². The predicted octanol–water partition coefficient (Wildman–Crippen LogP) is 1.77. The molecule has 1 saturated carbocycles. The number of amides is 1. The topological polar surface area (TPSA) is 66.8 Å². The number of carbonyl (C=O) groups excluding carboxylic acids is 1. The van der Waals surface area contributed by atoms with E-state index in [1.165, 1.54) is 6.42 Å². The highest BCUT2D eigenvalue weighted by Crippen LogP contribution is 2.25. The zero-order chi connectivity index (χ0) is 13.8. The summed E-state index contributed by atoms with van der Waals surface area (Å²) >= 11 is 0. The number of aliphatic carboxylic acids is 1.